The van der Waals surface area contributed by atoms with Gasteiger partial charge in [0, 0.05) is 12.8 Å². The van der Waals surface area contributed by atoms with Gasteiger partial charge in [-0.25, -0.2) is 0 Å². The van der Waals surface area contributed by atoms with Crippen molar-refractivity contribution in [3.05, 3.63) is 24.3 Å². The van der Waals surface area contributed by atoms with Crippen molar-refractivity contribution in [2.75, 3.05) is 13.2 Å². The molecule has 0 aromatic heterocycles. The van der Waals surface area contributed by atoms with E-state index in [2.05, 4.69) is 38.2 Å². The fourth-order valence-corrected chi connectivity index (χ4v) is 13.5. The topological polar surface area (TPSA) is 72.8 Å². The molecule has 1 atom stereocenters. The standard InChI is InChI=1S/C85H164O5/c1-3-5-7-9-11-13-15-17-19-21-23-25-27-29-31-33-35-37-39-41-42-44-46-48-50-52-54-56-58-60-62-64-66-68-70-72-74-76-78-80-85(88)90-83(81-86)82-89-84(87)79-77-75-73-71-69-67-65-63-61-59-57-55-53-51-49-47-45-43-40-38-36-34-32-30-28-26-24-22-20-18-16-14-12-10-8-6-4-2/h15,17,21,23,83,86H,3-14,16,18-20,22,24-82H2,1-2H3/b17-15-,23-21-. The first kappa shape index (κ1) is 88.4. The van der Waals surface area contributed by atoms with Crippen LogP contribution in [0, 0.1) is 0 Å². The number of unbranched alkanes of at least 4 members (excludes halogenated alkanes) is 68. The fourth-order valence-electron chi connectivity index (χ4n) is 13.5. The van der Waals surface area contributed by atoms with Crippen LogP contribution in [0.2, 0.25) is 0 Å². The van der Waals surface area contributed by atoms with Crippen LogP contribution >= 0.6 is 0 Å². The average molecular weight is 1270 g/mol. The predicted molar refractivity (Wildman–Crippen MR) is 399 cm³/mol. The summed E-state index contributed by atoms with van der Waals surface area (Å²) in [5, 5.41) is 9.74. The van der Waals surface area contributed by atoms with E-state index in [1.54, 1.807) is 0 Å². The van der Waals surface area contributed by atoms with Crippen molar-refractivity contribution >= 4 is 11.9 Å². The maximum absolute atomic E-state index is 12.4. The van der Waals surface area contributed by atoms with Gasteiger partial charge in [-0.1, -0.05) is 456 Å². The number of carbonyl (C=O) groups excluding carboxylic acids is 2. The molecule has 0 fully saturated rings. The Kier molecular flexibility index (Phi) is 80.1. The van der Waals surface area contributed by atoms with E-state index >= 15 is 0 Å². The molecule has 0 aromatic carbocycles. The fraction of sp³-hybridized carbons (Fsp3) is 0.929. The third kappa shape index (κ3) is 78.8. The van der Waals surface area contributed by atoms with Gasteiger partial charge in [-0.2, -0.15) is 0 Å². The minimum absolute atomic E-state index is 0.0566. The summed E-state index contributed by atoms with van der Waals surface area (Å²) >= 11 is 0. The van der Waals surface area contributed by atoms with Crippen LogP contribution in [0.5, 0.6) is 0 Å². The lowest BCUT2D eigenvalue weighted by atomic mass is 10.0. The normalized spacial score (nSPS) is 12.2. The Labute approximate surface area is 565 Å². The summed E-state index contributed by atoms with van der Waals surface area (Å²) in [5.74, 6) is -0.558. The number of ether oxygens (including phenoxy) is 2. The first-order chi connectivity index (χ1) is 44.6. The van der Waals surface area contributed by atoms with Crippen LogP contribution in [-0.2, 0) is 19.1 Å². The number of allylic oxidation sites excluding steroid dienone is 4. The summed E-state index contributed by atoms with van der Waals surface area (Å²) < 4.78 is 10.8. The number of carbonyl (C=O) groups is 2. The van der Waals surface area contributed by atoms with E-state index in [0.717, 1.165) is 38.5 Å². The van der Waals surface area contributed by atoms with Crippen LogP contribution in [-0.4, -0.2) is 36.4 Å². The van der Waals surface area contributed by atoms with Crippen molar-refractivity contribution in [1.82, 2.24) is 0 Å². The molecule has 0 bridgehead atoms. The van der Waals surface area contributed by atoms with Crippen molar-refractivity contribution in [3.63, 3.8) is 0 Å². The molecule has 0 saturated carbocycles. The van der Waals surface area contributed by atoms with E-state index in [-0.39, 0.29) is 25.2 Å². The minimum atomic E-state index is -0.768. The number of aliphatic hydroxyl groups is 1. The molecular weight excluding hydrogens is 1100 g/mol. The number of hydrogen-bond acceptors (Lipinski definition) is 5. The Morgan fingerprint density at radius 3 is 0.656 bits per heavy atom. The lowest BCUT2D eigenvalue weighted by Crippen LogP contribution is -2.28. The molecule has 1 N–H and O–H groups in total. The average Bonchev–Trinajstić information content (AvgIpc) is 3.59. The second kappa shape index (κ2) is 81.6. The van der Waals surface area contributed by atoms with Gasteiger partial charge < -0.3 is 14.6 Å². The van der Waals surface area contributed by atoms with Gasteiger partial charge in [0.15, 0.2) is 6.10 Å². The van der Waals surface area contributed by atoms with Crippen molar-refractivity contribution in [2.24, 2.45) is 0 Å². The minimum Gasteiger partial charge on any atom is -0.462 e. The molecule has 0 spiro atoms. The molecular formula is C85H164O5. The summed E-state index contributed by atoms with van der Waals surface area (Å²) in [7, 11) is 0. The number of aliphatic hydroxyl groups excluding tert-OH is 1. The Hall–Kier alpha value is -1.62. The molecule has 5 nitrogen and oxygen atoms in total. The van der Waals surface area contributed by atoms with Gasteiger partial charge in [0.1, 0.15) is 6.61 Å². The summed E-state index contributed by atoms with van der Waals surface area (Å²) in [4.78, 5) is 24.7. The van der Waals surface area contributed by atoms with Crippen LogP contribution in [0.25, 0.3) is 0 Å². The molecule has 534 valence electrons. The molecule has 0 aliphatic carbocycles. The second-order valence-corrected chi connectivity index (χ2v) is 28.9. The summed E-state index contributed by atoms with van der Waals surface area (Å²) in [6, 6.07) is 0. The molecule has 0 aliphatic rings. The van der Waals surface area contributed by atoms with E-state index in [0.29, 0.717) is 12.8 Å². The highest BCUT2D eigenvalue weighted by molar-refractivity contribution is 5.70. The lowest BCUT2D eigenvalue weighted by Gasteiger charge is -2.15. The smallest absolute Gasteiger partial charge is 0.306 e. The number of hydrogen-bond donors (Lipinski definition) is 1. The highest BCUT2D eigenvalue weighted by Gasteiger charge is 2.16. The zero-order valence-corrected chi connectivity index (χ0v) is 61.7. The molecule has 0 rings (SSSR count). The third-order valence-corrected chi connectivity index (χ3v) is 19.7. The van der Waals surface area contributed by atoms with E-state index in [4.69, 9.17) is 9.47 Å². The summed E-state index contributed by atoms with van der Waals surface area (Å²) in [6.07, 6.45) is 109. The zero-order valence-electron chi connectivity index (χ0n) is 61.7. The van der Waals surface area contributed by atoms with Gasteiger partial charge >= 0.3 is 11.9 Å². The predicted octanol–water partition coefficient (Wildman–Crippen LogP) is 29.5. The second-order valence-electron chi connectivity index (χ2n) is 28.9. The van der Waals surface area contributed by atoms with Crippen molar-refractivity contribution in [2.45, 2.75) is 495 Å². The van der Waals surface area contributed by atoms with Crippen LogP contribution in [0.1, 0.15) is 489 Å². The highest BCUT2D eigenvalue weighted by atomic mass is 16.6. The van der Waals surface area contributed by atoms with Crippen LogP contribution < -0.4 is 0 Å². The molecule has 5 heteroatoms. The number of esters is 2. The first-order valence-electron chi connectivity index (χ1n) is 41.9. The van der Waals surface area contributed by atoms with Crippen molar-refractivity contribution < 1.29 is 24.2 Å². The van der Waals surface area contributed by atoms with Gasteiger partial charge in [0.05, 0.1) is 6.61 Å². The number of rotatable bonds is 80. The molecule has 0 aliphatic heterocycles. The lowest BCUT2D eigenvalue weighted by molar-refractivity contribution is -0.161. The third-order valence-electron chi connectivity index (χ3n) is 19.7. The maximum atomic E-state index is 12.4. The van der Waals surface area contributed by atoms with Gasteiger partial charge in [0.2, 0.25) is 0 Å². The molecule has 0 heterocycles. The largest absolute Gasteiger partial charge is 0.462 e. The Morgan fingerprint density at radius 2 is 0.444 bits per heavy atom. The van der Waals surface area contributed by atoms with Gasteiger partial charge in [-0.3, -0.25) is 9.59 Å². The van der Waals surface area contributed by atoms with Gasteiger partial charge in [-0.15, -0.1) is 0 Å². The summed E-state index contributed by atoms with van der Waals surface area (Å²) in [6.45, 7) is 4.21. The van der Waals surface area contributed by atoms with Gasteiger partial charge in [0.25, 0.3) is 0 Å². The molecule has 0 amide bonds. The van der Waals surface area contributed by atoms with E-state index in [9.17, 15) is 14.7 Å². The highest BCUT2D eigenvalue weighted by Crippen LogP contribution is 2.21. The van der Waals surface area contributed by atoms with Crippen LogP contribution in [0.4, 0.5) is 0 Å². The van der Waals surface area contributed by atoms with Crippen molar-refractivity contribution in [1.29, 1.82) is 0 Å². The quantitative estimate of drug-likeness (QED) is 0.0373. The Morgan fingerprint density at radius 1 is 0.256 bits per heavy atom. The maximum Gasteiger partial charge on any atom is 0.306 e. The van der Waals surface area contributed by atoms with Crippen molar-refractivity contribution in [3.8, 4) is 0 Å². The molecule has 1 unspecified atom stereocenters. The molecule has 0 aromatic rings. The molecule has 0 radical (unpaired) electrons. The zero-order chi connectivity index (χ0) is 64.7. The molecule has 0 saturated heterocycles. The van der Waals surface area contributed by atoms with Crippen LogP contribution in [0.3, 0.4) is 0 Å². The van der Waals surface area contributed by atoms with E-state index < -0.39 is 6.10 Å². The Bertz CT molecular complexity index is 1390. The van der Waals surface area contributed by atoms with Crippen LogP contribution in [0.15, 0.2) is 24.3 Å². The molecule has 90 heavy (non-hydrogen) atoms. The van der Waals surface area contributed by atoms with E-state index in [1.807, 2.05) is 0 Å². The van der Waals surface area contributed by atoms with Gasteiger partial charge in [-0.05, 0) is 44.9 Å². The first-order valence-corrected chi connectivity index (χ1v) is 41.9. The Balaban J connectivity index is 3.33. The summed E-state index contributed by atoms with van der Waals surface area (Å²) in [5.41, 5.74) is 0. The SMILES string of the molecule is CCCCCCC/C=C\C/C=C\CCCCCCCCCCCCCCCCCCCCCCCCCCCCCC(=O)OC(CO)COC(=O)CCCCCCCCCCCCCCCCCCCCCCCCCCCCCCCCCCCCCCC. The van der Waals surface area contributed by atoms with E-state index in [1.165, 1.54) is 424 Å². The monoisotopic (exact) mass is 1270 g/mol.